The molecule has 2 heterocycles. The molecule has 3 aromatic rings. The molecule has 25 heavy (non-hydrogen) atoms. The Kier molecular flexibility index (Phi) is 4.33. The SMILES string of the molecule is NC(=O)c1cc(-c2ccc(C#Cc3ccc(C(F)(F)F)cc3)s2)[nH]n1. The quantitative estimate of drug-likeness (QED) is 0.684. The lowest BCUT2D eigenvalue weighted by Crippen LogP contribution is -2.10. The number of carbonyl (C=O) groups is 1. The van der Waals surface area contributed by atoms with E-state index in [2.05, 4.69) is 22.0 Å². The van der Waals surface area contributed by atoms with Crippen LogP contribution in [0, 0.1) is 11.8 Å². The van der Waals surface area contributed by atoms with Crippen LogP contribution >= 0.6 is 11.3 Å². The highest BCUT2D eigenvalue weighted by Crippen LogP contribution is 2.29. The number of thiophene rings is 1. The van der Waals surface area contributed by atoms with Crippen molar-refractivity contribution in [3.63, 3.8) is 0 Å². The van der Waals surface area contributed by atoms with Gasteiger partial charge in [-0.1, -0.05) is 11.8 Å². The van der Waals surface area contributed by atoms with Crippen molar-refractivity contribution in [1.82, 2.24) is 10.2 Å². The summed E-state index contributed by atoms with van der Waals surface area (Å²) in [5.74, 6) is 5.10. The van der Waals surface area contributed by atoms with Crippen molar-refractivity contribution in [3.8, 4) is 22.4 Å². The minimum absolute atomic E-state index is 0.140. The van der Waals surface area contributed by atoms with Crippen molar-refractivity contribution in [2.24, 2.45) is 5.73 Å². The Morgan fingerprint density at radius 1 is 1.12 bits per heavy atom. The second kappa shape index (κ2) is 6.45. The highest BCUT2D eigenvalue weighted by molar-refractivity contribution is 7.16. The highest BCUT2D eigenvalue weighted by atomic mass is 32.1. The van der Waals surface area contributed by atoms with E-state index in [1.54, 1.807) is 18.2 Å². The molecule has 1 aromatic carbocycles. The van der Waals surface area contributed by atoms with Gasteiger partial charge < -0.3 is 5.73 Å². The fraction of sp³-hybridized carbons (Fsp3) is 0.0588. The van der Waals surface area contributed by atoms with E-state index in [-0.39, 0.29) is 5.69 Å². The molecular formula is C17H10F3N3OS. The summed E-state index contributed by atoms with van der Waals surface area (Å²) in [6, 6.07) is 9.79. The number of alkyl halides is 3. The average Bonchev–Trinajstić information content (AvgIpc) is 3.21. The molecule has 0 saturated heterocycles. The molecule has 0 unspecified atom stereocenters. The van der Waals surface area contributed by atoms with Gasteiger partial charge in [0.05, 0.1) is 21.0 Å². The maximum absolute atomic E-state index is 12.5. The molecule has 0 aliphatic heterocycles. The summed E-state index contributed by atoms with van der Waals surface area (Å²) in [6.45, 7) is 0. The lowest BCUT2D eigenvalue weighted by atomic mass is 10.1. The van der Waals surface area contributed by atoms with Crippen LogP contribution in [0.4, 0.5) is 13.2 Å². The van der Waals surface area contributed by atoms with Gasteiger partial charge in [-0.15, -0.1) is 11.3 Å². The van der Waals surface area contributed by atoms with Gasteiger partial charge in [-0.2, -0.15) is 18.3 Å². The third-order valence-electron chi connectivity index (χ3n) is 3.24. The van der Waals surface area contributed by atoms with Crippen molar-refractivity contribution in [3.05, 3.63) is 64.2 Å². The fourth-order valence-corrected chi connectivity index (χ4v) is 2.83. The number of nitrogens with two attached hydrogens (primary N) is 1. The smallest absolute Gasteiger partial charge is 0.364 e. The van der Waals surface area contributed by atoms with Crippen molar-refractivity contribution in [2.45, 2.75) is 6.18 Å². The molecule has 3 N–H and O–H groups in total. The number of primary amides is 1. The van der Waals surface area contributed by atoms with Crippen LogP contribution in [-0.4, -0.2) is 16.1 Å². The van der Waals surface area contributed by atoms with E-state index in [1.165, 1.54) is 23.5 Å². The van der Waals surface area contributed by atoms with Gasteiger partial charge in [-0.3, -0.25) is 9.89 Å². The maximum atomic E-state index is 12.5. The van der Waals surface area contributed by atoms with Gasteiger partial charge in [0.1, 0.15) is 5.69 Å². The Hall–Kier alpha value is -3.05. The first-order valence-electron chi connectivity index (χ1n) is 6.97. The van der Waals surface area contributed by atoms with Gasteiger partial charge in [0.2, 0.25) is 0 Å². The van der Waals surface area contributed by atoms with Crippen LogP contribution in [0.3, 0.4) is 0 Å². The van der Waals surface area contributed by atoms with E-state index < -0.39 is 17.6 Å². The first kappa shape index (κ1) is 16.8. The van der Waals surface area contributed by atoms with Gasteiger partial charge in [0, 0.05) is 5.56 Å². The molecule has 0 saturated carbocycles. The number of amides is 1. The summed E-state index contributed by atoms with van der Waals surface area (Å²) < 4.78 is 37.5. The Labute approximate surface area is 144 Å². The van der Waals surface area contributed by atoms with Crippen LogP contribution < -0.4 is 5.73 Å². The average molecular weight is 361 g/mol. The van der Waals surface area contributed by atoms with Gasteiger partial charge >= 0.3 is 6.18 Å². The number of nitrogens with zero attached hydrogens (tertiary/aromatic N) is 1. The topological polar surface area (TPSA) is 71.8 Å². The van der Waals surface area contributed by atoms with Gasteiger partial charge in [-0.05, 0) is 42.5 Å². The lowest BCUT2D eigenvalue weighted by Gasteiger charge is -2.05. The first-order valence-corrected chi connectivity index (χ1v) is 7.79. The van der Waals surface area contributed by atoms with E-state index in [4.69, 9.17) is 5.73 Å². The molecule has 0 fully saturated rings. The Morgan fingerprint density at radius 2 is 1.84 bits per heavy atom. The van der Waals surface area contributed by atoms with Crippen LogP contribution in [0.5, 0.6) is 0 Å². The van der Waals surface area contributed by atoms with E-state index in [1.807, 2.05) is 0 Å². The lowest BCUT2D eigenvalue weighted by molar-refractivity contribution is -0.137. The van der Waals surface area contributed by atoms with Crippen molar-refractivity contribution in [2.75, 3.05) is 0 Å². The summed E-state index contributed by atoms with van der Waals surface area (Å²) in [4.78, 5) is 12.6. The minimum Gasteiger partial charge on any atom is -0.364 e. The van der Waals surface area contributed by atoms with E-state index in [9.17, 15) is 18.0 Å². The largest absolute Gasteiger partial charge is 0.416 e. The molecule has 4 nitrogen and oxygen atoms in total. The second-order valence-electron chi connectivity index (χ2n) is 5.02. The van der Waals surface area contributed by atoms with Crippen LogP contribution in [0.25, 0.3) is 10.6 Å². The summed E-state index contributed by atoms with van der Waals surface area (Å²) in [7, 11) is 0. The number of halogens is 3. The summed E-state index contributed by atoms with van der Waals surface area (Å²) in [5.41, 5.74) is 5.71. The zero-order valence-electron chi connectivity index (χ0n) is 12.5. The number of hydrogen-bond acceptors (Lipinski definition) is 3. The number of hydrogen-bond donors (Lipinski definition) is 2. The standard InChI is InChI=1S/C17H10F3N3OS/c18-17(19,20)11-4-1-10(2-5-11)3-6-12-7-8-15(25-12)13-9-14(16(21)24)23-22-13/h1-2,4-5,7-9H,(H2,21,24)(H,22,23). The maximum Gasteiger partial charge on any atom is 0.416 e. The highest BCUT2D eigenvalue weighted by Gasteiger charge is 2.29. The van der Waals surface area contributed by atoms with Crippen LogP contribution in [0.15, 0.2) is 42.5 Å². The number of aromatic amines is 1. The molecule has 8 heteroatoms. The van der Waals surface area contributed by atoms with Crippen LogP contribution in [0.2, 0.25) is 0 Å². The van der Waals surface area contributed by atoms with E-state index in [0.717, 1.165) is 21.9 Å². The molecule has 0 bridgehead atoms. The molecule has 2 aromatic heterocycles. The molecular weight excluding hydrogens is 351 g/mol. The molecule has 126 valence electrons. The normalized spacial score (nSPS) is 11.0. The Balaban J connectivity index is 1.78. The number of rotatable bonds is 2. The van der Waals surface area contributed by atoms with Gasteiger partial charge in [0.25, 0.3) is 5.91 Å². The number of H-pyrrole nitrogens is 1. The van der Waals surface area contributed by atoms with Crippen molar-refractivity contribution >= 4 is 17.2 Å². The molecule has 1 amide bonds. The Bertz CT molecular complexity index is 975. The first-order chi connectivity index (χ1) is 11.8. The van der Waals surface area contributed by atoms with Gasteiger partial charge in [0.15, 0.2) is 0 Å². The summed E-state index contributed by atoms with van der Waals surface area (Å²) in [6.07, 6.45) is -4.36. The summed E-state index contributed by atoms with van der Waals surface area (Å²) in [5, 5.41) is 6.52. The molecule has 0 aliphatic carbocycles. The molecule has 0 spiro atoms. The number of carbonyl (C=O) groups excluding carboxylic acids is 1. The molecule has 0 radical (unpaired) electrons. The predicted octanol–water partition coefficient (Wildman–Crippen LogP) is 3.66. The van der Waals surface area contributed by atoms with Crippen LogP contribution in [0.1, 0.15) is 26.5 Å². The number of nitrogens with one attached hydrogen (secondary N) is 1. The third kappa shape index (κ3) is 3.89. The zero-order valence-corrected chi connectivity index (χ0v) is 13.3. The molecule has 0 atom stereocenters. The van der Waals surface area contributed by atoms with E-state index >= 15 is 0 Å². The minimum atomic E-state index is -4.36. The number of benzene rings is 1. The zero-order chi connectivity index (χ0) is 18.0. The van der Waals surface area contributed by atoms with E-state index in [0.29, 0.717) is 11.3 Å². The molecule has 0 aliphatic rings. The second-order valence-corrected chi connectivity index (χ2v) is 6.10. The predicted molar refractivity (Wildman–Crippen MR) is 87.8 cm³/mol. The third-order valence-corrected chi connectivity index (χ3v) is 4.28. The fourth-order valence-electron chi connectivity index (χ4n) is 2.00. The monoisotopic (exact) mass is 361 g/mol. The summed E-state index contributed by atoms with van der Waals surface area (Å²) >= 11 is 1.36. The van der Waals surface area contributed by atoms with Gasteiger partial charge in [-0.25, -0.2) is 0 Å². The van der Waals surface area contributed by atoms with Crippen molar-refractivity contribution < 1.29 is 18.0 Å². The van der Waals surface area contributed by atoms with Crippen molar-refractivity contribution in [1.29, 1.82) is 0 Å². The van der Waals surface area contributed by atoms with Crippen LogP contribution in [-0.2, 0) is 6.18 Å². The molecule has 3 rings (SSSR count). The Morgan fingerprint density at radius 3 is 2.44 bits per heavy atom. The number of aromatic nitrogens is 2.